The van der Waals surface area contributed by atoms with E-state index in [1.54, 1.807) is 36.1 Å². The second-order valence-electron chi connectivity index (χ2n) is 5.95. The van der Waals surface area contributed by atoms with Crippen LogP contribution < -0.4 is 4.74 Å². The molecular weight excluding hydrogens is 366 g/mol. The van der Waals surface area contributed by atoms with Gasteiger partial charge in [-0.15, -0.1) is 0 Å². The fraction of sp³-hybridized carbons (Fsp3) is 0.250. The number of carbonyl (C=O) groups excluding carboxylic acids is 1. The SMILES string of the molecule is CCN(Cc1nc(-c2ccccc2)no1)C(=O)[C@H](C)Oc1cccc(Cl)c1. The molecule has 3 rings (SSSR count). The highest BCUT2D eigenvalue weighted by molar-refractivity contribution is 6.30. The standard InChI is InChI=1S/C20H20ClN3O3/c1-3-24(20(25)14(2)26-17-11-7-10-16(21)12-17)13-18-22-19(23-27-18)15-8-5-4-6-9-15/h4-12,14H,3,13H2,1-2H3/t14-/m0/s1. The van der Waals surface area contributed by atoms with Gasteiger partial charge < -0.3 is 14.2 Å². The van der Waals surface area contributed by atoms with Gasteiger partial charge in [0.05, 0.1) is 0 Å². The van der Waals surface area contributed by atoms with E-state index in [9.17, 15) is 4.79 Å². The van der Waals surface area contributed by atoms with Crippen LogP contribution in [0.1, 0.15) is 19.7 Å². The molecule has 1 aromatic heterocycles. The molecule has 0 saturated heterocycles. The molecule has 0 unspecified atom stereocenters. The Balaban J connectivity index is 1.66. The summed E-state index contributed by atoms with van der Waals surface area (Å²) in [6, 6.07) is 16.5. The van der Waals surface area contributed by atoms with Crippen molar-refractivity contribution in [3.8, 4) is 17.1 Å². The Labute approximate surface area is 162 Å². The van der Waals surface area contributed by atoms with Crippen LogP contribution in [0.2, 0.25) is 5.02 Å². The Bertz CT molecular complexity index is 898. The molecule has 0 radical (unpaired) electrons. The molecule has 0 N–H and O–H groups in total. The van der Waals surface area contributed by atoms with E-state index >= 15 is 0 Å². The highest BCUT2D eigenvalue weighted by Gasteiger charge is 2.23. The van der Waals surface area contributed by atoms with Gasteiger partial charge in [-0.1, -0.05) is 53.2 Å². The molecule has 6 nitrogen and oxygen atoms in total. The number of hydrogen-bond acceptors (Lipinski definition) is 5. The Morgan fingerprint density at radius 1 is 1.22 bits per heavy atom. The Morgan fingerprint density at radius 3 is 2.70 bits per heavy atom. The minimum Gasteiger partial charge on any atom is -0.481 e. The molecule has 1 heterocycles. The zero-order chi connectivity index (χ0) is 19.2. The van der Waals surface area contributed by atoms with Crippen LogP contribution in [0.5, 0.6) is 5.75 Å². The second-order valence-corrected chi connectivity index (χ2v) is 6.38. The van der Waals surface area contributed by atoms with E-state index in [1.807, 2.05) is 37.3 Å². The summed E-state index contributed by atoms with van der Waals surface area (Å²) in [5.41, 5.74) is 0.861. The number of ether oxygens (including phenoxy) is 1. The van der Waals surface area contributed by atoms with Crippen LogP contribution in [-0.4, -0.2) is 33.6 Å². The van der Waals surface area contributed by atoms with Crippen LogP contribution in [0.3, 0.4) is 0 Å². The van der Waals surface area contributed by atoms with E-state index in [0.717, 1.165) is 5.56 Å². The lowest BCUT2D eigenvalue weighted by Gasteiger charge is -2.23. The molecular formula is C20H20ClN3O3. The molecule has 27 heavy (non-hydrogen) atoms. The van der Waals surface area contributed by atoms with Crippen LogP contribution in [0.25, 0.3) is 11.4 Å². The number of rotatable bonds is 7. The van der Waals surface area contributed by atoms with Gasteiger partial charge in [0, 0.05) is 17.1 Å². The summed E-state index contributed by atoms with van der Waals surface area (Å²) >= 11 is 5.95. The maximum absolute atomic E-state index is 12.7. The number of carbonyl (C=O) groups is 1. The largest absolute Gasteiger partial charge is 0.481 e. The van der Waals surface area contributed by atoms with Crippen molar-refractivity contribution in [1.29, 1.82) is 0 Å². The molecule has 7 heteroatoms. The van der Waals surface area contributed by atoms with Gasteiger partial charge in [0.2, 0.25) is 11.7 Å². The maximum Gasteiger partial charge on any atom is 0.263 e. The number of nitrogens with zero attached hydrogens (tertiary/aromatic N) is 3. The first-order valence-electron chi connectivity index (χ1n) is 8.66. The minimum atomic E-state index is -0.667. The van der Waals surface area contributed by atoms with Gasteiger partial charge in [-0.3, -0.25) is 4.79 Å². The van der Waals surface area contributed by atoms with Gasteiger partial charge in [0.25, 0.3) is 5.91 Å². The van der Waals surface area contributed by atoms with Crippen LogP contribution in [0, 0.1) is 0 Å². The predicted molar refractivity (Wildman–Crippen MR) is 102 cm³/mol. The zero-order valence-electron chi connectivity index (χ0n) is 15.1. The summed E-state index contributed by atoms with van der Waals surface area (Å²) in [5, 5.41) is 4.54. The summed E-state index contributed by atoms with van der Waals surface area (Å²) < 4.78 is 11.0. The van der Waals surface area contributed by atoms with Gasteiger partial charge in [-0.25, -0.2) is 0 Å². The molecule has 3 aromatic rings. The number of aromatic nitrogens is 2. The number of likely N-dealkylation sites (N-methyl/N-ethyl adjacent to an activating group) is 1. The van der Waals surface area contributed by atoms with E-state index in [4.69, 9.17) is 20.9 Å². The fourth-order valence-corrected chi connectivity index (χ4v) is 2.76. The third-order valence-corrected chi connectivity index (χ3v) is 4.21. The fourth-order valence-electron chi connectivity index (χ4n) is 2.58. The number of hydrogen-bond donors (Lipinski definition) is 0. The molecule has 1 atom stereocenters. The first-order chi connectivity index (χ1) is 13.1. The molecule has 0 bridgehead atoms. The Kier molecular flexibility index (Phi) is 6.08. The molecule has 0 saturated carbocycles. The average molecular weight is 386 g/mol. The van der Waals surface area contributed by atoms with Crippen LogP contribution >= 0.6 is 11.6 Å². The quantitative estimate of drug-likeness (QED) is 0.609. The lowest BCUT2D eigenvalue weighted by molar-refractivity contribution is -0.138. The van der Waals surface area contributed by atoms with E-state index in [-0.39, 0.29) is 12.5 Å². The van der Waals surface area contributed by atoms with E-state index in [0.29, 0.717) is 29.0 Å². The van der Waals surface area contributed by atoms with Crippen LogP contribution in [0.15, 0.2) is 59.1 Å². The highest BCUT2D eigenvalue weighted by atomic mass is 35.5. The second kappa shape index (κ2) is 8.68. The highest BCUT2D eigenvalue weighted by Crippen LogP contribution is 2.20. The van der Waals surface area contributed by atoms with Gasteiger partial charge >= 0.3 is 0 Å². The summed E-state index contributed by atoms with van der Waals surface area (Å²) in [6.07, 6.45) is -0.667. The van der Waals surface area contributed by atoms with Crippen molar-refractivity contribution in [3.05, 3.63) is 65.5 Å². The van der Waals surface area contributed by atoms with E-state index in [2.05, 4.69) is 10.1 Å². The molecule has 0 aliphatic carbocycles. The minimum absolute atomic E-state index is 0.170. The van der Waals surface area contributed by atoms with Crippen LogP contribution in [-0.2, 0) is 11.3 Å². The predicted octanol–water partition coefficient (Wildman–Crippen LogP) is 4.21. The smallest absolute Gasteiger partial charge is 0.263 e. The number of benzene rings is 2. The molecule has 140 valence electrons. The first kappa shape index (κ1) is 18.9. The molecule has 0 fully saturated rings. The molecule has 1 amide bonds. The van der Waals surface area contributed by atoms with Crippen molar-refractivity contribution in [1.82, 2.24) is 15.0 Å². The van der Waals surface area contributed by atoms with Gasteiger partial charge in [0.15, 0.2) is 6.10 Å². The lowest BCUT2D eigenvalue weighted by atomic mass is 10.2. The summed E-state index contributed by atoms with van der Waals surface area (Å²) in [4.78, 5) is 18.7. The average Bonchev–Trinajstić information content (AvgIpc) is 3.15. The molecule has 0 aliphatic heterocycles. The lowest BCUT2D eigenvalue weighted by Crippen LogP contribution is -2.40. The summed E-state index contributed by atoms with van der Waals surface area (Å²) in [7, 11) is 0. The zero-order valence-corrected chi connectivity index (χ0v) is 15.9. The van der Waals surface area contributed by atoms with Gasteiger partial charge in [-0.05, 0) is 32.0 Å². The van der Waals surface area contributed by atoms with Gasteiger partial charge in [-0.2, -0.15) is 4.98 Å². The first-order valence-corrected chi connectivity index (χ1v) is 9.03. The van der Waals surface area contributed by atoms with Crippen LogP contribution in [0.4, 0.5) is 0 Å². The van der Waals surface area contributed by atoms with E-state index < -0.39 is 6.10 Å². The topological polar surface area (TPSA) is 68.5 Å². The summed E-state index contributed by atoms with van der Waals surface area (Å²) in [5.74, 6) is 1.25. The Hall–Kier alpha value is -2.86. The molecule has 0 aliphatic rings. The monoisotopic (exact) mass is 385 g/mol. The summed E-state index contributed by atoms with van der Waals surface area (Å²) in [6.45, 7) is 4.30. The molecule has 0 spiro atoms. The molecule has 2 aromatic carbocycles. The third kappa shape index (κ3) is 4.86. The normalized spacial score (nSPS) is 11.8. The number of amides is 1. The number of halogens is 1. The van der Waals surface area contributed by atoms with Crippen molar-refractivity contribution in [3.63, 3.8) is 0 Å². The van der Waals surface area contributed by atoms with Gasteiger partial charge in [0.1, 0.15) is 12.3 Å². The van der Waals surface area contributed by atoms with Crippen molar-refractivity contribution in [2.75, 3.05) is 6.54 Å². The Morgan fingerprint density at radius 2 is 2.00 bits per heavy atom. The maximum atomic E-state index is 12.7. The van der Waals surface area contributed by atoms with Crippen molar-refractivity contribution < 1.29 is 14.1 Å². The third-order valence-electron chi connectivity index (χ3n) is 3.98. The van der Waals surface area contributed by atoms with E-state index in [1.165, 1.54) is 0 Å². The van der Waals surface area contributed by atoms with Crippen molar-refractivity contribution in [2.24, 2.45) is 0 Å². The van der Waals surface area contributed by atoms with Crippen molar-refractivity contribution >= 4 is 17.5 Å². The van der Waals surface area contributed by atoms with Crippen molar-refractivity contribution in [2.45, 2.75) is 26.5 Å².